The van der Waals surface area contributed by atoms with E-state index in [1.165, 1.54) is 0 Å². The van der Waals surface area contributed by atoms with Crippen LogP contribution in [0.1, 0.15) is 30.1 Å². The molecule has 1 aliphatic heterocycles. The van der Waals surface area contributed by atoms with Gasteiger partial charge in [-0.25, -0.2) is 9.97 Å². The summed E-state index contributed by atoms with van der Waals surface area (Å²) in [4.78, 5) is 20.7. The second kappa shape index (κ2) is 5.65. The quantitative estimate of drug-likeness (QED) is 0.887. The molecule has 1 saturated heterocycles. The lowest BCUT2D eigenvalue weighted by molar-refractivity contribution is 0.0887. The molecule has 0 spiro atoms. The van der Waals surface area contributed by atoms with Crippen LogP contribution in [0.4, 0.5) is 0 Å². The number of aromatic nitrogens is 3. The van der Waals surface area contributed by atoms with Gasteiger partial charge in [-0.3, -0.25) is 9.36 Å². The molecule has 1 aliphatic rings. The molecule has 3 heterocycles. The minimum Gasteiger partial charge on any atom is -0.347 e. The fourth-order valence-corrected chi connectivity index (χ4v) is 2.55. The first-order chi connectivity index (χ1) is 10.2. The topological polar surface area (TPSA) is 71.8 Å². The molecule has 110 valence electrons. The molecule has 1 fully saturated rings. The Morgan fingerprint density at radius 3 is 2.90 bits per heavy atom. The number of carbonyl (C=O) groups is 1. The average Bonchev–Trinajstić information content (AvgIpc) is 3.02. The summed E-state index contributed by atoms with van der Waals surface area (Å²) in [5, 5.41) is 6.46. The first-order valence-electron chi connectivity index (χ1n) is 7.14. The highest BCUT2D eigenvalue weighted by molar-refractivity contribution is 5.95. The number of hydrogen-bond donors (Lipinski definition) is 2. The Bertz CT molecular complexity index is 617. The van der Waals surface area contributed by atoms with Crippen molar-refractivity contribution in [2.24, 2.45) is 0 Å². The largest absolute Gasteiger partial charge is 0.347 e. The highest BCUT2D eigenvalue weighted by atomic mass is 16.1. The number of amides is 1. The molecule has 0 bridgehead atoms. The maximum Gasteiger partial charge on any atom is 0.251 e. The van der Waals surface area contributed by atoms with Crippen LogP contribution >= 0.6 is 0 Å². The van der Waals surface area contributed by atoms with E-state index in [9.17, 15) is 4.79 Å². The summed E-state index contributed by atoms with van der Waals surface area (Å²) in [5.74, 6) is 0.638. The van der Waals surface area contributed by atoms with Crippen LogP contribution in [-0.2, 0) is 0 Å². The van der Waals surface area contributed by atoms with E-state index in [4.69, 9.17) is 0 Å². The van der Waals surface area contributed by atoms with Gasteiger partial charge in [0.25, 0.3) is 5.91 Å². The van der Waals surface area contributed by atoms with Crippen LogP contribution < -0.4 is 10.6 Å². The maximum atomic E-state index is 12.5. The SMILES string of the molecule is CC1(NC(=O)c2ccnc(-n3ccnc3)c2)CCNCC1. The van der Waals surface area contributed by atoms with Gasteiger partial charge >= 0.3 is 0 Å². The monoisotopic (exact) mass is 285 g/mol. The molecule has 0 radical (unpaired) electrons. The van der Waals surface area contributed by atoms with Gasteiger partial charge in [0.2, 0.25) is 0 Å². The lowest BCUT2D eigenvalue weighted by Gasteiger charge is -2.35. The Labute approximate surface area is 123 Å². The molecule has 6 heteroatoms. The Morgan fingerprint density at radius 1 is 1.38 bits per heavy atom. The Kier molecular flexibility index (Phi) is 3.70. The molecule has 6 nitrogen and oxygen atoms in total. The number of nitrogens with one attached hydrogen (secondary N) is 2. The van der Waals surface area contributed by atoms with E-state index < -0.39 is 0 Å². The van der Waals surface area contributed by atoms with Crippen molar-refractivity contribution in [1.82, 2.24) is 25.2 Å². The van der Waals surface area contributed by atoms with Crippen molar-refractivity contribution in [2.45, 2.75) is 25.3 Å². The van der Waals surface area contributed by atoms with Gasteiger partial charge in [0.15, 0.2) is 0 Å². The summed E-state index contributed by atoms with van der Waals surface area (Å²) in [6, 6.07) is 3.52. The van der Waals surface area contributed by atoms with Crippen LogP contribution in [0, 0.1) is 0 Å². The number of piperidine rings is 1. The number of nitrogens with zero attached hydrogens (tertiary/aromatic N) is 3. The van der Waals surface area contributed by atoms with E-state index in [-0.39, 0.29) is 11.4 Å². The predicted octanol–water partition coefficient (Wildman–Crippen LogP) is 1.14. The standard InChI is InChI=1S/C15H19N5O/c1-15(3-6-16-7-4-15)19-14(21)12-2-5-18-13(10-12)20-9-8-17-11-20/h2,5,8-11,16H,3-4,6-7H2,1H3,(H,19,21). The molecule has 0 atom stereocenters. The first kappa shape index (κ1) is 13.8. The van der Waals surface area contributed by atoms with Gasteiger partial charge in [0, 0.05) is 29.7 Å². The summed E-state index contributed by atoms with van der Waals surface area (Å²) in [6.07, 6.45) is 8.69. The molecule has 0 aliphatic carbocycles. The summed E-state index contributed by atoms with van der Waals surface area (Å²) < 4.78 is 1.78. The van der Waals surface area contributed by atoms with E-state index in [1.54, 1.807) is 41.6 Å². The Morgan fingerprint density at radius 2 is 2.19 bits per heavy atom. The number of imidazole rings is 1. The van der Waals surface area contributed by atoms with Gasteiger partial charge in [0.1, 0.15) is 12.1 Å². The molecular weight excluding hydrogens is 266 g/mol. The zero-order valence-corrected chi connectivity index (χ0v) is 12.0. The second-order valence-electron chi connectivity index (χ2n) is 5.64. The smallest absolute Gasteiger partial charge is 0.251 e. The van der Waals surface area contributed by atoms with Crippen molar-refractivity contribution in [3.63, 3.8) is 0 Å². The molecule has 21 heavy (non-hydrogen) atoms. The Hall–Kier alpha value is -2.21. The van der Waals surface area contributed by atoms with Crippen LogP contribution in [0.2, 0.25) is 0 Å². The lowest BCUT2D eigenvalue weighted by Crippen LogP contribution is -2.52. The van der Waals surface area contributed by atoms with E-state index in [1.807, 2.05) is 0 Å². The molecule has 0 saturated carbocycles. The molecule has 1 amide bonds. The number of carbonyl (C=O) groups excluding carboxylic acids is 1. The minimum atomic E-state index is -0.138. The van der Waals surface area contributed by atoms with Crippen LogP contribution in [0.25, 0.3) is 5.82 Å². The van der Waals surface area contributed by atoms with Crippen molar-refractivity contribution in [2.75, 3.05) is 13.1 Å². The van der Waals surface area contributed by atoms with Gasteiger partial charge < -0.3 is 10.6 Å². The van der Waals surface area contributed by atoms with Gasteiger partial charge in [-0.15, -0.1) is 0 Å². The number of pyridine rings is 1. The van der Waals surface area contributed by atoms with Gasteiger partial charge in [-0.2, -0.15) is 0 Å². The molecular formula is C15H19N5O. The van der Waals surface area contributed by atoms with Crippen molar-refractivity contribution in [3.05, 3.63) is 42.6 Å². The fourth-order valence-electron chi connectivity index (χ4n) is 2.55. The number of rotatable bonds is 3. The van der Waals surface area contributed by atoms with Gasteiger partial charge in [-0.05, 0) is 45.0 Å². The zero-order chi connectivity index (χ0) is 14.7. The maximum absolute atomic E-state index is 12.5. The van der Waals surface area contributed by atoms with E-state index in [0.29, 0.717) is 11.4 Å². The summed E-state index contributed by atoms with van der Waals surface area (Å²) in [7, 11) is 0. The van der Waals surface area contributed by atoms with Gasteiger partial charge in [-0.1, -0.05) is 0 Å². The molecule has 2 aromatic heterocycles. The third-order valence-electron chi connectivity index (χ3n) is 3.90. The third-order valence-corrected chi connectivity index (χ3v) is 3.90. The van der Waals surface area contributed by atoms with Crippen LogP contribution in [0.3, 0.4) is 0 Å². The van der Waals surface area contributed by atoms with Crippen molar-refractivity contribution >= 4 is 5.91 Å². The zero-order valence-electron chi connectivity index (χ0n) is 12.0. The molecule has 2 N–H and O–H groups in total. The normalized spacial score (nSPS) is 17.4. The summed E-state index contributed by atoms with van der Waals surface area (Å²) >= 11 is 0. The fraction of sp³-hybridized carbons (Fsp3) is 0.400. The van der Waals surface area contributed by atoms with Crippen molar-refractivity contribution in [3.8, 4) is 5.82 Å². The van der Waals surface area contributed by atoms with Crippen molar-refractivity contribution < 1.29 is 4.79 Å². The number of hydrogen-bond acceptors (Lipinski definition) is 4. The molecule has 0 aromatic carbocycles. The van der Waals surface area contributed by atoms with Crippen molar-refractivity contribution in [1.29, 1.82) is 0 Å². The average molecular weight is 285 g/mol. The van der Waals surface area contributed by atoms with Gasteiger partial charge in [0.05, 0.1) is 0 Å². The van der Waals surface area contributed by atoms with Crippen LogP contribution in [-0.4, -0.2) is 39.1 Å². The first-order valence-corrected chi connectivity index (χ1v) is 7.14. The second-order valence-corrected chi connectivity index (χ2v) is 5.64. The van der Waals surface area contributed by atoms with E-state index in [2.05, 4.69) is 27.5 Å². The van der Waals surface area contributed by atoms with E-state index in [0.717, 1.165) is 25.9 Å². The van der Waals surface area contributed by atoms with Crippen LogP contribution in [0.15, 0.2) is 37.1 Å². The predicted molar refractivity (Wildman–Crippen MR) is 79.3 cm³/mol. The van der Waals surface area contributed by atoms with Crippen LogP contribution in [0.5, 0.6) is 0 Å². The minimum absolute atomic E-state index is 0.0526. The molecule has 3 rings (SSSR count). The molecule has 2 aromatic rings. The third kappa shape index (κ3) is 3.11. The highest BCUT2D eigenvalue weighted by Crippen LogP contribution is 2.18. The highest BCUT2D eigenvalue weighted by Gasteiger charge is 2.28. The lowest BCUT2D eigenvalue weighted by atomic mass is 9.90. The Balaban J connectivity index is 1.77. The summed E-state index contributed by atoms with van der Waals surface area (Å²) in [6.45, 7) is 3.98. The van der Waals surface area contributed by atoms with E-state index >= 15 is 0 Å². The molecule has 0 unspecified atom stereocenters. The summed E-state index contributed by atoms with van der Waals surface area (Å²) in [5.41, 5.74) is 0.481.